The van der Waals surface area contributed by atoms with Crippen LogP contribution in [-0.2, 0) is 6.42 Å². The molecule has 2 aliphatic rings. The molecule has 158 valence electrons. The van der Waals surface area contributed by atoms with Gasteiger partial charge in [0, 0.05) is 0 Å². The predicted molar refractivity (Wildman–Crippen MR) is 122 cm³/mol. The average Bonchev–Trinajstić information content (AvgIpc) is 2.76. The van der Waals surface area contributed by atoms with Crippen LogP contribution in [0.25, 0.3) is 0 Å². The molecule has 2 aliphatic heterocycles. The molecule has 0 N–H and O–H groups in total. The van der Waals surface area contributed by atoms with E-state index in [2.05, 4.69) is 40.1 Å². The molecular weight excluding hydrogens is 340 g/mol. The van der Waals surface area contributed by atoms with Crippen LogP contribution < -0.4 is 0 Å². The third-order valence-electron chi connectivity index (χ3n) is 7.03. The molecule has 0 radical (unpaired) electrons. The lowest BCUT2D eigenvalue weighted by Crippen LogP contribution is -2.34. The molecule has 2 heterocycles. The van der Waals surface area contributed by atoms with Crippen LogP contribution in [0.2, 0.25) is 0 Å². The van der Waals surface area contributed by atoms with Crippen molar-refractivity contribution in [3.05, 3.63) is 35.9 Å². The molecule has 28 heavy (non-hydrogen) atoms. The molecule has 0 aliphatic carbocycles. The highest BCUT2D eigenvalue weighted by Crippen LogP contribution is 2.23. The van der Waals surface area contributed by atoms with E-state index in [9.17, 15) is 0 Å². The van der Waals surface area contributed by atoms with Gasteiger partial charge in [0.25, 0.3) is 0 Å². The summed E-state index contributed by atoms with van der Waals surface area (Å²) in [6.45, 7) is 8.14. The molecule has 0 saturated carbocycles. The Morgan fingerprint density at radius 1 is 0.643 bits per heavy atom. The van der Waals surface area contributed by atoms with Crippen molar-refractivity contribution in [1.82, 2.24) is 9.80 Å². The van der Waals surface area contributed by atoms with Crippen molar-refractivity contribution in [2.75, 3.05) is 39.3 Å². The molecule has 2 fully saturated rings. The second-order valence-corrected chi connectivity index (χ2v) is 9.33. The number of hydrogen-bond acceptors (Lipinski definition) is 2. The number of hydrogen-bond donors (Lipinski definition) is 0. The Labute approximate surface area is 174 Å². The van der Waals surface area contributed by atoms with E-state index in [1.54, 1.807) is 0 Å². The van der Waals surface area contributed by atoms with Gasteiger partial charge in [-0.2, -0.15) is 0 Å². The minimum absolute atomic E-state index is 0.981. The maximum atomic E-state index is 2.74. The van der Waals surface area contributed by atoms with Crippen LogP contribution >= 0.6 is 0 Å². The molecule has 1 aromatic rings. The largest absolute Gasteiger partial charge is 0.303 e. The predicted octanol–water partition coefficient (Wildman–Crippen LogP) is 6.16. The Morgan fingerprint density at radius 2 is 1.25 bits per heavy atom. The van der Waals surface area contributed by atoms with Gasteiger partial charge in [0.1, 0.15) is 0 Å². The third-order valence-corrected chi connectivity index (χ3v) is 7.03. The highest BCUT2D eigenvalue weighted by Gasteiger charge is 2.18. The maximum absolute atomic E-state index is 2.74. The average molecular weight is 385 g/mol. The van der Waals surface area contributed by atoms with Crippen LogP contribution in [0.4, 0.5) is 0 Å². The summed E-state index contributed by atoms with van der Waals surface area (Å²) < 4.78 is 0. The van der Waals surface area contributed by atoms with Gasteiger partial charge in [-0.15, -0.1) is 0 Å². The molecule has 0 atom stereocenters. The van der Waals surface area contributed by atoms with E-state index in [0.717, 1.165) is 5.92 Å². The van der Waals surface area contributed by atoms with Crippen molar-refractivity contribution in [2.24, 2.45) is 5.92 Å². The van der Waals surface area contributed by atoms with Gasteiger partial charge in [-0.05, 0) is 102 Å². The second kappa shape index (κ2) is 13.4. The van der Waals surface area contributed by atoms with E-state index in [1.807, 2.05) is 0 Å². The Morgan fingerprint density at radius 3 is 1.93 bits per heavy atom. The fraction of sp³-hybridized carbons (Fsp3) is 0.769. The summed E-state index contributed by atoms with van der Waals surface area (Å²) in [7, 11) is 0. The summed E-state index contributed by atoms with van der Waals surface area (Å²) in [6, 6.07) is 11.0. The van der Waals surface area contributed by atoms with Crippen LogP contribution in [0.15, 0.2) is 30.3 Å². The standard InChI is InChI=1S/C26H44N2/c1(2-8-19-27-20-10-5-11-21-27)3-9-22-28-23-17-26(18-24-28)16-12-15-25-13-6-4-7-14-25/h4,6-7,13-14,26H,1-3,5,8-12,15-24H2. The molecule has 2 nitrogen and oxygen atoms in total. The third kappa shape index (κ3) is 8.66. The Kier molecular flexibility index (Phi) is 10.4. The number of nitrogens with zero attached hydrogens (tertiary/aromatic N) is 2. The van der Waals surface area contributed by atoms with Crippen LogP contribution in [0.1, 0.15) is 82.6 Å². The van der Waals surface area contributed by atoms with Crippen molar-refractivity contribution >= 4 is 0 Å². The Hall–Kier alpha value is -0.860. The van der Waals surface area contributed by atoms with Gasteiger partial charge in [-0.1, -0.05) is 62.4 Å². The molecule has 1 aromatic carbocycles. The summed E-state index contributed by atoms with van der Waals surface area (Å²) in [4.78, 5) is 5.43. The van der Waals surface area contributed by atoms with Gasteiger partial charge in [-0.3, -0.25) is 0 Å². The van der Waals surface area contributed by atoms with Crippen LogP contribution in [0.5, 0.6) is 0 Å². The number of aryl methyl sites for hydroxylation is 1. The first-order chi connectivity index (χ1) is 13.9. The maximum Gasteiger partial charge on any atom is -0.00161 e. The van der Waals surface area contributed by atoms with Crippen molar-refractivity contribution in [3.63, 3.8) is 0 Å². The van der Waals surface area contributed by atoms with E-state index < -0.39 is 0 Å². The van der Waals surface area contributed by atoms with Gasteiger partial charge in [-0.25, -0.2) is 0 Å². The molecule has 0 amide bonds. The highest BCUT2D eigenvalue weighted by atomic mass is 15.1. The molecule has 2 heteroatoms. The van der Waals surface area contributed by atoms with Crippen LogP contribution in [0.3, 0.4) is 0 Å². The van der Waals surface area contributed by atoms with Crippen LogP contribution in [0, 0.1) is 5.92 Å². The minimum atomic E-state index is 0.981. The van der Waals surface area contributed by atoms with E-state index in [-0.39, 0.29) is 0 Å². The van der Waals surface area contributed by atoms with Crippen LogP contribution in [-0.4, -0.2) is 49.1 Å². The topological polar surface area (TPSA) is 6.48 Å². The van der Waals surface area contributed by atoms with E-state index in [4.69, 9.17) is 0 Å². The lowest BCUT2D eigenvalue weighted by atomic mass is 9.90. The molecule has 2 saturated heterocycles. The lowest BCUT2D eigenvalue weighted by Gasteiger charge is -2.32. The zero-order valence-electron chi connectivity index (χ0n) is 18.3. The number of piperidine rings is 2. The second-order valence-electron chi connectivity index (χ2n) is 9.33. The van der Waals surface area contributed by atoms with Crippen molar-refractivity contribution in [2.45, 2.75) is 83.5 Å². The fourth-order valence-corrected chi connectivity index (χ4v) is 5.12. The highest BCUT2D eigenvalue weighted by molar-refractivity contribution is 5.14. The number of rotatable bonds is 12. The molecule has 0 unspecified atom stereocenters. The normalized spacial score (nSPS) is 19.9. The minimum Gasteiger partial charge on any atom is -0.303 e. The summed E-state index contributed by atoms with van der Waals surface area (Å²) >= 11 is 0. The van der Waals surface area contributed by atoms with Gasteiger partial charge >= 0.3 is 0 Å². The molecular formula is C26H44N2. The van der Waals surface area contributed by atoms with Gasteiger partial charge < -0.3 is 9.80 Å². The number of benzene rings is 1. The molecule has 0 spiro atoms. The Bertz CT molecular complexity index is 486. The van der Waals surface area contributed by atoms with Gasteiger partial charge in [0.05, 0.1) is 0 Å². The van der Waals surface area contributed by atoms with Gasteiger partial charge in [0.15, 0.2) is 0 Å². The quantitative estimate of drug-likeness (QED) is 0.398. The van der Waals surface area contributed by atoms with E-state index in [0.29, 0.717) is 0 Å². The first-order valence-corrected chi connectivity index (χ1v) is 12.4. The summed E-state index contributed by atoms with van der Waals surface area (Å²) in [5, 5.41) is 0. The lowest BCUT2D eigenvalue weighted by molar-refractivity contribution is 0.174. The summed E-state index contributed by atoms with van der Waals surface area (Å²) in [5.74, 6) is 0.981. The van der Waals surface area contributed by atoms with Crippen molar-refractivity contribution < 1.29 is 0 Å². The molecule has 0 bridgehead atoms. The van der Waals surface area contributed by atoms with E-state index in [1.165, 1.54) is 128 Å². The zero-order valence-corrected chi connectivity index (χ0v) is 18.3. The molecule has 0 aromatic heterocycles. The Balaban J connectivity index is 1.12. The number of unbranched alkanes of at least 4 members (excludes halogenated alkanes) is 4. The van der Waals surface area contributed by atoms with E-state index >= 15 is 0 Å². The monoisotopic (exact) mass is 384 g/mol. The fourth-order valence-electron chi connectivity index (χ4n) is 5.12. The van der Waals surface area contributed by atoms with Crippen molar-refractivity contribution in [3.8, 4) is 0 Å². The SMILES string of the molecule is c1ccc(CCCC2CCN(CCCCCCCN3CCCCC3)CC2)cc1. The zero-order chi connectivity index (χ0) is 19.3. The first-order valence-electron chi connectivity index (χ1n) is 12.4. The number of likely N-dealkylation sites (tertiary alicyclic amines) is 2. The summed E-state index contributed by atoms with van der Waals surface area (Å²) in [5.41, 5.74) is 1.51. The van der Waals surface area contributed by atoms with Crippen molar-refractivity contribution in [1.29, 1.82) is 0 Å². The smallest absolute Gasteiger partial charge is 0.00161 e. The van der Waals surface area contributed by atoms with Gasteiger partial charge in [0.2, 0.25) is 0 Å². The first kappa shape index (κ1) is 21.8. The summed E-state index contributed by atoms with van der Waals surface area (Å²) in [6.07, 6.45) is 18.4. The molecule has 3 rings (SSSR count).